The zero-order valence-corrected chi connectivity index (χ0v) is 13.2. The maximum absolute atomic E-state index is 11.6. The number of rotatable bonds is 5. The molecule has 0 amide bonds. The van der Waals surface area contributed by atoms with Crippen molar-refractivity contribution in [2.24, 2.45) is 0 Å². The van der Waals surface area contributed by atoms with Gasteiger partial charge >= 0.3 is 5.97 Å². The van der Waals surface area contributed by atoms with Crippen molar-refractivity contribution in [3.05, 3.63) is 56.8 Å². The number of nitriles is 1. The number of nitro groups is 1. The van der Waals surface area contributed by atoms with Gasteiger partial charge in [0.1, 0.15) is 23.2 Å². The zero-order valence-electron chi connectivity index (χ0n) is 12.5. The van der Waals surface area contributed by atoms with E-state index in [1.165, 1.54) is 36.4 Å². The fraction of sp³-hybridized carbons (Fsp3) is 0.125. The minimum absolute atomic E-state index is 0.132. The maximum Gasteiger partial charge on any atom is 0.349 e. The quantitative estimate of drug-likeness (QED) is 0.266. The summed E-state index contributed by atoms with van der Waals surface area (Å²) in [6.45, 7) is 1.77. The van der Waals surface area contributed by atoms with Gasteiger partial charge in [0, 0.05) is 23.8 Å². The molecule has 7 nitrogen and oxygen atoms in total. The number of halogens is 1. The lowest BCUT2D eigenvalue weighted by molar-refractivity contribution is -0.384. The Labute approximate surface area is 141 Å². The van der Waals surface area contributed by atoms with Crippen molar-refractivity contribution in [2.75, 3.05) is 6.61 Å². The molecule has 0 N–H and O–H groups in total. The summed E-state index contributed by atoms with van der Waals surface area (Å²) in [6.07, 6.45) is 1.23. The first-order valence-electron chi connectivity index (χ1n) is 6.79. The van der Waals surface area contributed by atoms with E-state index in [0.29, 0.717) is 5.56 Å². The van der Waals surface area contributed by atoms with Crippen LogP contribution in [0.5, 0.6) is 0 Å². The van der Waals surface area contributed by atoms with Crippen LogP contribution < -0.4 is 0 Å². The molecule has 0 saturated heterocycles. The number of non-ortho nitro benzene ring substituents is 1. The van der Waals surface area contributed by atoms with Crippen molar-refractivity contribution in [3.8, 4) is 17.4 Å². The summed E-state index contributed by atoms with van der Waals surface area (Å²) < 4.78 is 10.3. The van der Waals surface area contributed by atoms with E-state index in [1.54, 1.807) is 13.0 Å². The Balaban J connectivity index is 2.38. The molecule has 1 aromatic heterocycles. The molecule has 1 heterocycles. The molecule has 122 valence electrons. The molecule has 8 heteroatoms. The van der Waals surface area contributed by atoms with Crippen LogP contribution in [0.2, 0.25) is 5.02 Å². The van der Waals surface area contributed by atoms with E-state index in [4.69, 9.17) is 26.0 Å². The predicted molar refractivity (Wildman–Crippen MR) is 86.0 cm³/mol. The highest BCUT2D eigenvalue weighted by molar-refractivity contribution is 6.33. The molecule has 1 aromatic carbocycles. The highest BCUT2D eigenvalue weighted by Gasteiger charge is 2.15. The lowest BCUT2D eigenvalue weighted by Crippen LogP contribution is -2.05. The van der Waals surface area contributed by atoms with Crippen molar-refractivity contribution in [3.63, 3.8) is 0 Å². The summed E-state index contributed by atoms with van der Waals surface area (Å²) >= 11 is 6.04. The number of hydrogen-bond donors (Lipinski definition) is 0. The number of esters is 1. The van der Waals surface area contributed by atoms with Gasteiger partial charge in [-0.15, -0.1) is 0 Å². The lowest BCUT2D eigenvalue weighted by atomic mass is 10.1. The van der Waals surface area contributed by atoms with E-state index in [-0.39, 0.29) is 34.4 Å². The Morgan fingerprint density at radius 3 is 2.83 bits per heavy atom. The van der Waals surface area contributed by atoms with Gasteiger partial charge in [-0.1, -0.05) is 11.6 Å². The number of benzene rings is 1. The van der Waals surface area contributed by atoms with Gasteiger partial charge in [0.05, 0.1) is 16.6 Å². The van der Waals surface area contributed by atoms with Crippen LogP contribution in [0.3, 0.4) is 0 Å². The van der Waals surface area contributed by atoms with Gasteiger partial charge in [0.15, 0.2) is 0 Å². The summed E-state index contributed by atoms with van der Waals surface area (Å²) in [5.41, 5.74) is -0.0184. The number of nitro benzene ring substituents is 1. The van der Waals surface area contributed by atoms with Gasteiger partial charge in [-0.3, -0.25) is 10.1 Å². The normalized spacial score (nSPS) is 11.0. The summed E-state index contributed by atoms with van der Waals surface area (Å²) in [6, 6.07) is 8.74. The van der Waals surface area contributed by atoms with Crippen LogP contribution in [0.25, 0.3) is 17.4 Å². The average molecular weight is 347 g/mol. The van der Waals surface area contributed by atoms with Crippen molar-refractivity contribution in [1.82, 2.24) is 0 Å². The van der Waals surface area contributed by atoms with Crippen LogP contribution >= 0.6 is 11.6 Å². The molecule has 0 fully saturated rings. The van der Waals surface area contributed by atoms with Crippen molar-refractivity contribution in [2.45, 2.75) is 6.92 Å². The number of carbonyl (C=O) groups is 1. The van der Waals surface area contributed by atoms with E-state index in [2.05, 4.69) is 0 Å². The second kappa shape index (κ2) is 7.44. The topological polar surface area (TPSA) is 106 Å². The molecule has 2 rings (SSSR count). The summed E-state index contributed by atoms with van der Waals surface area (Å²) in [7, 11) is 0. The van der Waals surface area contributed by atoms with Gasteiger partial charge < -0.3 is 9.15 Å². The fourth-order valence-electron chi connectivity index (χ4n) is 1.88. The van der Waals surface area contributed by atoms with Crippen LogP contribution in [-0.2, 0) is 9.53 Å². The standard InChI is InChI=1S/C16H11ClN2O5/c1-2-23-16(20)10(9-18)7-12-4-6-15(24-12)13-8-11(19(21)22)3-5-14(13)17/h3-8H,2H2,1H3/b10-7+. The average Bonchev–Trinajstić information content (AvgIpc) is 3.01. The largest absolute Gasteiger partial charge is 0.462 e. The van der Waals surface area contributed by atoms with Gasteiger partial charge in [-0.05, 0) is 25.1 Å². The second-order valence-corrected chi connectivity index (χ2v) is 4.92. The molecule has 0 atom stereocenters. The number of carbonyl (C=O) groups excluding carboxylic acids is 1. The summed E-state index contributed by atoms with van der Waals surface area (Å²) in [5.74, 6) is -0.264. The molecule has 0 radical (unpaired) electrons. The van der Waals surface area contributed by atoms with E-state index >= 15 is 0 Å². The Morgan fingerprint density at radius 2 is 2.21 bits per heavy atom. The lowest BCUT2D eigenvalue weighted by Gasteiger charge is -2.01. The van der Waals surface area contributed by atoms with Gasteiger partial charge in [-0.25, -0.2) is 4.79 Å². The van der Waals surface area contributed by atoms with E-state index in [9.17, 15) is 14.9 Å². The highest BCUT2D eigenvalue weighted by Crippen LogP contribution is 2.33. The Kier molecular flexibility index (Phi) is 5.35. The van der Waals surface area contributed by atoms with Crippen LogP contribution in [0.1, 0.15) is 12.7 Å². The van der Waals surface area contributed by atoms with E-state index in [1.807, 2.05) is 0 Å². The molecule has 0 saturated carbocycles. The minimum Gasteiger partial charge on any atom is -0.462 e. The van der Waals surface area contributed by atoms with Crippen LogP contribution in [0.15, 0.2) is 40.3 Å². The molecule has 0 unspecified atom stereocenters. The third-order valence-electron chi connectivity index (χ3n) is 2.96. The highest BCUT2D eigenvalue weighted by atomic mass is 35.5. The van der Waals surface area contributed by atoms with Gasteiger partial charge in [0.25, 0.3) is 5.69 Å². The number of ether oxygens (including phenoxy) is 1. The monoisotopic (exact) mass is 346 g/mol. The summed E-state index contributed by atoms with van der Waals surface area (Å²) in [5, 5.41) is 20.1. The molecule has 0 aliphatic rings. The molecule has 2 aromatic rings. The molecule has 0 bridgehead atoms. The van der Waals surface area contributed by atoms with Crippen molar-refractivity contribution in [1.29, 1.82) is 5.26 Å². The van der Waals surface area contributed by atoms with Crippen molar-refractivity contribution >= 4 is 29.3 Å². The molecule has 0 aliphatic heterocycles. The Morgan fingerprint density at radius 1 is 1.46 bits per heavy atom. The van der Waals surface area contributed by atoms with E-state index < -0.39 is 10.9 Å². The van der Waals surface area contributed by atoms with Gasteiger partial charge in [-0.2, -0.15) is 5.26 Å². The third kappa shape index (κ3) is 3.80. The van der Waals surface area contributed by atoms with Crippen molar-refractivity contribution < 1.29 is 18.9 Å². The third-order valence-corrected chi connectivity index (χ3v) is 3.28. The number of nitrogens with zero attached hydrogens (tertiary/aromatic N) is 2. The molecular formula is C16H11ClN2O5. The second-order valence-electron chi connectivity index (χ2n) is 4.51. The molecule has 24 heavy (non-hydrogen) atoms. The van der Waals surface area contributed by atoms with E-state index in [0.717, 1.165) is 0 Å². The van der Waals surface area contributed by atoms with Gasteiger partial charge in [0.2, 0.25) is 0 Å². The molecule has 0 aliphatic carbocycles. The first kappa shape index (κ1) is 17.2. The minimum atomic E-state index is -0.758. The molecular weight excluding hydrogens is 336 g/mol. The number of hydrogen-bond acceptors (Lipinski definition) is 6. The smallest absolute Gasteiger partial charge is 0.349 e. The van der Waals surface area contributed by atoms with Crippen LogP contribution in [-0.4, -0.2) is 17.5 Å². The summed E-state index contributed by atoms with van der Waals surface area (Å²) in [4.78, 5) is 21.9. The predicted octanol–water partition coefficient (Wildman–Crippen LogP) is 3.98. The SMILES string of the molecule is CCOC(=O)/C(C#N)=C/c1ccc(-c2cc([N+](=O)[O-])ccc2Cl)o1. The van der Waals surface area contributed by atoms with Crippen LogP contribution in [0.4, 0.5) is 5.69 Å². The van der Waals surface area contributed by atoms with Crippen LogP contribution in [0, 0.1) is 21.4 Å². The first-order chi connectivity index (χ1) is 11.5. The molecule has 0 spiro atoms. The Hall–Kier alpha value is -3.11. The number of furan rings is 1. The Bertz CT molecular complexity index is 864. The maximum atomic E-state index is 11.6. The zero-order chi connectivity index (χ0) is 17.7. The first-order valence-corrected chi connectivity index (χ1v) is 7.17. The fourth-order valence-corrected chi connectivity index (χ4v) is 2.09.